The fraction of sp³-hybridized carbons (Fsp3) is 0.500. The minimum Gasteiger partial charge on any atom is -0.397 e. The molecule has 1 aromatic carbocycles. The van der Waals surface area contributed by atoms with Crippen molar-refractivity contribution in [2.24, 2.45) is 5.92 Å². The van der Waals surface area contributed by atoms with Crippen molar-refractivity contribution < 1.29 is 4.79 Å². The van der Waals surface area contributed by atoms with Gasteiger partial charge in [-0.25, -0.2) is 0 Å². The first-order valence-electron chi connectivity index (χ1n) is 6.46. The number of hydrogen-bond acceptors (Lipinski definition) is 3. The predicted octanol–water partition coefficient (Wildman–Crippen LogP) is 2.11. The zero-order valence-corrected chi connectivity index (χ0v) is 10.8. The van der Waals surface area contributed by atoms with Gasteiger partial charge in [-0.2, -0.15) is 0 Å². The molecule has 96 valence electrons. The second-order valence-electron chi connectivity index (χ2n) is 5.90. The van der Waals surface area contributed by atoms with E-state index in [2.05, 4.69) is 24.5 Å². The van der Waals surface area contributed by atoms with E-state index in [4.69, 9.17) is 5.73 Å². The van der Waals surface area contributed by atoms with Gasteiger partial charge in [0.05, 0.1) is 11.4 Å². The van der Waals surface area contributed by atoms with E-state index in [1.54, 1.807) is 6.07 Å². The molecule has 1 amide bonds. The van der Waals surface area contributed by atoms with Crippen LogP contribution in [0.2, 0.25) is 0 Å². The normalized spacial score (nSPS) is 18.4. The van der Waals surface area contributed by atoms with Crippen molar-refractivity contribution >= 4 is 17.3 Å². The Labute approximate surface area is 107 Å². The Morgan fingerprint density at radius 2 is 2.11 bits per heavy atom. The molecule has 0 aromatic heterocycles. The van der Waals surface area contributed by atoms with Crippen LogP contribution in [0.25, 0.3) is 0 Å². The van der Waals surface area contributed by atoms with Gasteiger partial charge in [-0.05, 0) is 50.3 Å². The van der Waals surface area contributed by atoms with Crippen LogP contribution in [0.1, 0.15) is 42.6 Å². The van der Waals surface area contributed by atoms with Crippen LogP contribution in [0.15, 0.2) is 12.1 Å². The molecule has 1 saturated carbocycles. The van der Waals surface area contributed by atoms with Crippen molar-refractivity contribution in [2.45, 2.75) is 38.8 Å². The number of rotatable bonds is 3. The van der Waals surface area contributed by atoms with Gasteiger partial charge in [0.2, 0.25) is 0 Å². The summed E-state index contributed by atoms with van der Waals surface area (Å²) in [6, 6.07) is 3.79. The Kier molecular flexibility index (Phi) is 2.30. The van der Waals surface area contributed by atoms with Crippen molar-refractivity contribution in [2.75, 3.05) is 11.1 Å². The van der Waals surface area contributed by atoms with E-state index >= 15 is 0 Å². The Morgan fingerprint density at radius 1 is 1.39 bits per heavy atom. The SMILES string of the molecule is CC(C)(Nc1cc2c(cc1N)C(=O)NC2)C1CC1. The van der Waals surface area contributed by atoms with Crippen molar-refractivity contribution in [3.05, 3.63) is 23.3 Å². The van der Waals surface area contributed by atoms with Gasteiger partial charge in [0.1, 0.15) is 0 Å². The average molecular weight is 245 g/mol. The van der Waals surface area contributed by atoms with Crippen molar-refractivity contribution in [1.82, 2.24) is 5.32 Å². The lowest BCUT2D eigenvalue weighted by molar-refractivity contribution is 0.0966. The molecule has 1 aliphatic carbocycles. The molecule has 4 nitrogen and oxygen atoms in total. The highest BCUT2D eigenvalue weighted by Crippen LogP contribution is 2.42. The molecule has 0 atom stereocenters. The highest BCUT2D eigenvalue weighted by molar-refractivity contribution is 6.00. The highest BCUT2D eigenvalue weighted by Gasteiger charge is 2.38. The van der Waals surface area contributed by atoms with E-state index in [0.717, 1.165) is 17.2 Å². The molecule has 1 aromatic rings. The van der Waals surface area contributed by atoms with Gasteiger partial charge in [0, 0.05) is 17.6 Å². The maximum Gasteiger partial charge on any atom is 0.251 e. The van der Waals surface area contributed by atoms with Gasteiger partial charge in [-0.15, -0.1) is 0 Å². The number of carbonyl (C=O) groups excluding carboxylic acids is 1. The third-order valence-corrected chi connectivity index (χ3v) is 4.01. The van der Waals surface area contributed by atoms with E-state index in [0.29, 0.717) is 17.8 Å². The Hall–Kier alpha value is -1.71. The second kappa shape index (κ2) is 3.64. The van der Waals surface area contributed by atoms with E-state index < -0.39 is 0 Å². The summed E-state index contributed by atoms with van der Waals surface area (Å²) >= 11 is 0. The molecule has 4 heteroatoms. The monoisotopic (exact) mass is 245 g/mol. The maximum absolute atomic E-state index is 11.5. The zero-order chi connectivity index (χ0) is 12.9. The topological polar surface area (TPSA) is 67.1 Å². The number of nitrogens with one attached hydrogen (secondary N) is 2. The van der Waals surface area contributed by atoms with Gasteiger partial charge >= 0.3 is 0 Å². The molecular weight excluding hydrogens is 226 g/mol. The fourth-order valence-electron chi connectivity index (χ4n) is 2.65. The van der Waals surface area contributed by atoms with Gasteiger partial charge in [0.15, 0.2) is 0 Å². The fourth-order valence-corrected chi connectivity index (χ4v) is 2.65. The molecule has 0 bridgehead atoms. The van der Waals surface area contributed by atoms with Gasteiger partial charge in [-0.3, -0.25) is 4.79 Å². The summed E-state index contributed by atoms with van der Waals surface area (Å²) in [5, 5.41) is 6.34. The number of nitrogens with two attached hydrogens (primary N) is 1. The van der Waals surface area contributed by atoms with Crippen LogP contribution in [-0.4, -0.2) is 11.4 Å². The highest BCUT2D eigenvalue weighted by atomic mass is 16.1. The number of benzene rings is 1. The molecular formula is C14H19N3O. The van der Waals surface area contributed by atoms with Crippen LogP contribution in [0.5, 0.6) is 0 Å². The summed E-state index contributed by atoms with van der Waals surface area (Å²) < 4.78 is 0. The third-order valence-electron chi connectivity index (χ3n) is 4.01. The molecule has 18 heavy (non-hydrogen) atoms. The summed E-state index contributed by atoms with van der Waals surface area (Å²) in [5.74, 6) is 0.703. The van der Waals surface area contributed by atoms with Gasteiger partial charge < -0.3 is 16.4 Å². The first kappa shape index (κ1) is 11.4. The van der Waals surface area contributed by atoms with E-state index in [-0.39, 0.29) is 11.4 Å². The Morgan fingerprint density at radius 3 is 2.78 bits per heavy atom. The smallest absolute Gasteiger partial charge is 0.251 e. The standard InChI is InChI=1S/C14H19N3O/c1-14(2,9-3-4-9)17-12-5-8-7-16-13(18)10(8)6-11(12)15/h5-6,9,17H,3-4,7,15H2,1-2H3,(H,16,18). The van der Waals surface area contributed by atoms with Crippen LogP contribution in [0, 0.1) is 5.92 Å². The lowest BCUT2D eigenvalue weighted by atomic mass is 9.97. The minimum atomic E-state index is -0.0234. The van der Waals surface area contributed by atoms with E-state index in [1.807, 2.05) is 6.07 Å². The first-order valence-corrected chi connectivity index (χ1v) is 6.46. The third kappa shape index (κ3) is 1.82. The summed E-state index contributed by atoms with van der Waals surface area (Å²) in [6.07, 6.45) is 2.57. The summed E-state index contributed by atoms with van der Waals surface area (Å²) in [4.78, 5) is 11.5. The molecule has 0 radical (unpaired) electrons. The minimum absolute atomic E-state index is 0.0234. The number of hydrogen-bond donors (Lipinski definition) is 3. The predicted molar refractivity (Wildman–Crippen MR) is 72.5 cm³/mol. The molecule has 1 heterocycles. The van der Waals surface area contributed by atoms with Gasteiger partial charge in [0.25, 0.3) is 5.91 Å². The molecule has 4 N–H and O–H groups in total. The van der Waals surface area contributed by atoms with Crippen LogP contribution >= 0.6 is 0 Å². The Balaban J connectivity index is 1.91. The quantitative estimate of drug-likeness (QED) is 0.714. The summed E-state index contributed by atoms with van der Waals surface area (Å²) in [6.45, 7) is 5.02. The Bertz CT molecular complexity index is 518. The number of carbonyl (C=O) groups is 1. The van der Waals surface area contributed by atoms with Crippen LogP contribution in [-0.2, 0) is 6.54 Å². The molecule has 1 fully saturated rings. The molecule has 0 spiro atoms. The number of nitrogen functional groups attached to an aromatic ring is 1. The van der Waals surface area contributed by atoms with Crippen LogP contribution in [0.3, 0.4) is 0 Å². The first-order chi connectivity index (χ1) is 8.47. The molecule has 1 aliphatic heterocycles. The van der Waals surface area contributed by atoms with Crippen molar-refractivity contribution in [3.8, 4) is 0 Å². The van der Waals surface area contributed by atoms with E-state index in [9.17, 15) is 4.79 Å². The largest absolute Gasteiger partial charge is 0.397 e. The number of anilines is 2. The lowest BCUT2D eigenvalue weighted by Crippen LogP contribution is -2.33. The molecule has 2 aliphatic rings. The van der Waals surface area contributed by atoms with Crippen molar-refractivity contribution in [1.29, 1.82) is 0 Å². The van der Waals surface area contributed by atoms with Crippen LogP contribution in [0.4, 0.5) is 11.4 Å². The molecule has 0 unspecified atom stereocenters. The summed E-state index contributed by atoms with van der Waals surface area (Å²) in [7, 11) is 0. The van der Waals surface area contributed by atoms with E-state index in [1.165, 1.54) is 12.8 Å². The van der Waals surface area contributed by atoms with Crippen molar-refractivity contribution in [3.63, 3.8) is 0 Å². The number of amides is 1. The number of fused-ring (bicyclic) bond motifs is 1. The molecule has 3 rings (SSSR count). The van der Waals surface area contributed by atoms with Gasteiger partial charge in [-0.1, -0.05) is 0 Å². The molecule has 0 saturated heterocycles. The average Bonchev–Trinajstić information content (AvgIpc) is 3.09. The lowest BCUT2D eigenvalue weighted by Gasteiger charge is -2.28. The zero-order valence-electron chi connectivity index (χ0n) is 10.8. The summed E-state index contributed by atoms with van der Waals surface area (Å²) in [5.41, 5.74) is 9.45. The van der Waals surface area contributed by atoms with Crippen LogP contribution < -0.4 is 16.4 Å². The second-order valence-corrected chi connectivity index (χ2v) is 5.90. The maximum atomic E-state index is 11.5.